The molecule has 3 aromatic rings. The summed E-state index contributed by atoms with van der Waals surface area (Å²) < 4.78 is 7.62. The van der Waals surface area contributed by atoms with E-state index in [1.165, 1.54) is 11.3 Å². The normalized spacial score (nSPS) is 10.7. The SMILES string of the molecule is CCn1nccc1CN(C)C(=O)c1cc(COc2ccccc2Cl)cs1. The van der Waals surface area contributed by atoms with Gasteiger partial charge >= 0.3 is 0 Å². The van der Waals surface area contributed by atoms with E-state index in [9.17, 15) is 4.79 Å². The molecule has 0 atom stereocenters. The van der Waals surface area contributed by atoms with Gasteiger partial charge in [0.15, 0.2) is 0 Å². The van der Waals surface area contributed by atoms with Crippen molar-refractivity contribution in [3.63, 3.8) is 0 Å². The lowest BCUT2D eigenvalue weighted by Gasteiger charge is -2.16. The molecule has 0 radical (unpaired) electrons. The highest BCUT2D eigenvalue weighted by molar-refractivity contribution is 7.12. The Morgan fingerprint density at radius 3 is 2.92 bits per heavy atom. The van der Waals surface area contributed by atoms with Crippen molar-refractivity contribution in [2.75, 3.05) is 7.05 Å². The van der Waals surface area contributed by atoms with Gasteiger partial charge in [0.2, 0.25) is 0 Å². The van der Waals surface area contributed by atoms with E-state index >= 15 is 0 Å². The van der Waals surface area contributed by atoms with Crippen LogP contribution in [0.15, 0.2) is 48.0 Å². The first-order chi connectivity index (χ1) is 12.6. The topological polar surface area (TPSA) is 47.4 Å². The summed E-state index contributed by atoms with van der Waals surface area (Å²) in [6.45, 7) is 3.71. The van der Waals surface area contributed by atoms with Gasteiger partial charge in [-0.05, 0) is 36.6 Å². The molecular weight excluding hydrogens is 370 g/mol. The van der Waals surface area contributed by atoms with Gasteiger partial charge in [0.25, 0.3) is 5.91 Å². The lowest BCUT2D eigenvalue weighted by atomic mass is 10.3. The zero-order valence-electron chi connectivity index (χ0n) is 14.7. The molecule has 0 aliphatic carbocycles. The highest BCUT2D eigenvalue weighted by Crippen LogP contribution is 2.25. The van der Waals surface area contributed by atoms with Crippen LogP contribution in [0.2, 0.25) is 5.02 Å². The fourth-order valence-electron chi connectivity index (χ4n) is 2.57. The van der Waals surface area contributed by atoms with Crippen LogP contribution in [0, 0.1) is 0 Å². The van der Waals surface area contributed by atoms with Gasteiger partial charge in [-0.15, -0.1) is 11.3 Å². The lowest BCUT2D eigenvalue weighted by molar-refractivity contribution is 0.0786. The average Bonchev–Trinajstić information content (AvgIpc) is 3.29. The number of thiophene rings is 1. The van der Waals surface area contributed by atoms with E-state index in [0.717, 1.165) is 17.8 Å². The summed E-state index contributed by atoms with van der Waals surface area (Å²) in [5.41, 5.74) is 1.97. The minimum absolute atomic E-state index is 0.0113. The maximum absolute atomic E-state index is 12.7. The molecule has 0 N–H and O–H groups in total. The maximum Gasteiger partial charge on any atom is 0.264 e. The van der Waals surface area contributed by atoms with Gasteiger partial charge in [0, 0.05) is 25.4 Å². The van der Waals surface area contributed by atoms with Crippen molar-refractivity contribution in [1.29, 1.82) is 0 Å². The highest BCUT2D eigenvalue weighted by atomic mass is 35.5. The van der Waals surface area contributed by atoms with E-state index in [2.05, 4.69) is 5.10 Å². The Hall–Kier alpha value is -2.31. The Labute approximate surface area is 161 Å². The summed E-state index contributed by atoms with van der Waals surface area (Å²) in [7, 11) is 1.80. The van der Waals surface area contributed by atoms with Crippen LogP contribution in [-0.4, -0.2) is 27.6 Å². The van der Waals surface area contributed by atoms with E-state index in [1.54, 1.807) is 24.2 Å². The summed E-state index contributed by atoms with van der Waals surface area (Å²) in [5.74, 6) is 0.626. The molecule has 136 valence electrons. The minimum atomic E-state index is -0.0113. The van der Waals surface area contributed by atoms with Crippen LogP contribution in [0.3, 0.4) is 0 Å². The number of ether oxygens (including phenoxy) is 1. The van der Waals surface area contributed by atoms with E-state index in [1.807, 2.05) is 47.3 Å². The predicted molar refractivity (Wildman–Crippen MR) is 104 cm³/mol. The molecule has 0 spiro atoms. The fourth-order valence-corrected chi connectivity index (χ4v) is 3.65. The molecule has 7 heteroatoms. The van der Waals surface area contributed by atoms with E-state index in [0.29, 0.717) is 28.8 Å². The number of carbonyl (C=O) groups excluding carboxylic acids is 1. The highest BCUT2D eigenvalue weighted by Gasteiger charge is 2.16. The number of benzene rings is 1. The molecule has 1 amide bonds. The van der Waals surface area contributed by atoms with Crippen molar-refractivity contribution in [3.8, 4) is 5.75 Å². The molecule has 3 rings (SSSR count). The molecule has 0 saturated carbocycles. The molecule has 0 aliphatic heterocycles. The smallest absolute Gasteiger partial charge is 0.264 e. The van der Waals surface area contributed by atoms with Crippen molar-refractivity contribution in [2.45, 2.75) is 26.6 Å². The zero-order valence-corrected chi connectivity index (χ0v) is 16.3. The summed E-state index contributed by atoms with van der Waals surface area (Å²) in [6.07, 6.45) is 1.76. The van der Waals surface area contributed by atoms with Gasteiger partial charge < -0.3 is 9.64 Å². The number of carbonyl (C=O) groups is 1. The van der Waals surface area contributed by atoms with Gasteiger partial charge in [0.05, 0.1) is 22.1 Å². The van der Waals surface area contributed by atoms with E-state index in [4.69, 9.17) is 16.3 Å². The molecule has 26 heavy (non-hydrogen) atoms. The first kappa shape index (κ1) is 18.5. The van der Waals surface area contributed by atoms with Crippen molar-refractivity contribution in [2.24, 2.45) is 0 Å². The van der Waals surface area contributed by atoms with Crippen LogP contribution < -0.4 is 4.74 Å². The number of aromatic nitrogens is 2. The van der Waals surface area contributed by atoms with Gasteiger partial charge in [-0.3, -0.25) is 9.48 Å². The summed E-state index contributed by atoms with van der Waals surface area (Å²) in [4.78, 5) is 15.0. The fraction of sp³-hybridized carbons (Fsp3) is 0.263. The quantitative estimate of drug-likeness (QED) is 0.599. The summed E-state index contributed by atoms with van der Waals surface area (Å²) >= 11 is 7.51. The van der Waals surface area contributed by atoms with Crippen LogP contribution in [0.5, 0.6) is 5.75 Å². The lowest BCUT2D eigenvalue weighted by Crippen LogP contribution is -2.26. The molecule has 1 aromatic carbocycles. The van der Waals surface area contributed by atoms with Gasteiger partial charge in [0.1, 0.15) is 12.4 Å². The monoisotopic (exact) mass is 389 g/mol. The molecule has 0 fully saturated rings. The second kappa shape index (κ2) is 8.38. The Balaban J connectivity index is 1.61. The second-order valence-corrected chi connectivity index (χ2v) is 7.16. The van der Waals surface area contributed by atoms with Crippen LogP contribution in [0.4, 0.5) is 0 Å². The number of para-hydroxylation sites is 1. The first-order valence-electron chi connectivity index (χ1n) is 8.29. The second-order valence-electron chi connectivity index (χ2n) is 5.84. The third-order valence-electron chi connectivity index (χ3n) is 3.95. The number of aryl methyl sites for hydroxylation is 1. The Bertz CT molecular complexity index is 890. The first-order valence-corrected chi connectivity index (χ1v) is 9.55. The third-order valence-corrected chi connectivity index (χ3v) is 5.22. The summed E-state index contributed by atoms with van der Waals surface area (Å²) in [5, 5.41) is 6.75. The van der Waals surface area contributed by atoms with E-state index in [-0.39, 0.29) is 5.91 Å². The molecule has 2 heterocycles. The van der Waals surface area contributed by atoms with Crippen LogP contribution >= 0.6 is 22.9 Å². The molecular formula is C19H20ClN3O2S. The largest absolute Gasteiger partial charge is 0.487 e. The molecule has 0 saturated heterocycles. The molecule has 0 aliphatic rings. The average molecular weight is 390 g/mol. The zero-order chi connectivity index (χ0) is 18.5. The number of hydrogen-bond donors (Lipinski definition) is 0. The standard InChI is InChI=1S/C19H20ClN3O2S/c1-3-23-15(8-9-21-23)11-22(2)19(24)18-10-14(13-26-18)12-25-17-7-5-4-6-16(17)20/h4-10,13H,3,11-12H2,1-2H3. The number of hydrogen-bond acceptors (Lipinski definition) is 4. The van der Waals surface area contributed by atoms with Crippen molar-refractivity contribution in [3.05, 3.63) is 69.1 Å². The minimum Gasteiger partial charge on any atom is -0.487 e. The number of nitrogens with zero attached hydrogens (tertiary/aromatic N) is 3. The van der Waals surface area contributed by atoms with Gasteiger partial charge in [-0.1, -0.05) is 23.7 Å². The predicted octanol–water partition coefficient (Wildman–Crippen LogP) is 4.47. The van der Waals surface area contributed by atoms with Crippen LogP contribution in [0.25, 0.3) is 0 Å². The van der Waals surface area contributed by atoms with Gasteiger partial charge in [-0.25, -0.2) is 0 Å². The van der Waals surface area contributed by atoms with Crippen LogP contribution in [-0.2, 0) is 19.7 Å². The third kappa shape index (κ3) is 4.26. The Kier molecular flexibility index (Phi) is 5.96. The maximum atomic E-state index is 12.7. The number of rotatable bonds is 7. The van der Waals surface area contributed by atoms with Crippen molar-refractivity contribution < 1.29 is 9.53 Å². The molecule has 5 nitrogen and oxygen atoms in total. The molecule has 2 aromatic heterocycles. The molecule has 0 bridgehead atoms. The number of halogens is 1. The molecule has 0 unspecified atom stereocenters. The Morgan fingerprint density at radius 1 is 1.35 bits per heavy atom. The van der Waals surface area contributed by atoms with Crippen molar-refractivity contribution >= 4 is 28.8 Å². The van der Waals surface area contributed by atoms with E-state index < -0.39 is 0 Å². The van der Waals surface area contributed by atoms with Crippen LogP contribution in [0.1, 0.15) is 27.9 Å². The Morgan fingerprint density at radius 2 is 2.15 bits per heavy atom. The summed E-state index contributed by atoms with van der Waals surface area (Å²) in [6, 6.07) is 11.2. The van der Waals surface area contributed by atoms with Gasteiger partial charge in [-0.2, -0.15) is 5.10 Å². The number of amides is 1. The van der Waals surface area contributed by atoms with Crippen molar-refractivity contribution in [1.82, 2.24) is 14.7 Å².